The van der Waals surface area contributed by atoms with Crippen LogP contribution in [0.1, 0.15) is 39.2 Å². The van der Waals surface area contributed by atoms with Gasteiger partial charge in [0.2, 0.25) is 21.8 Å². The van der Waals surface area contributed by atoms with Crippen LogP contribution < -0.4 is 19.1 Å². The fourth-order valence-electron chi connectivity index (χ4n) is 3.74. The molecule has 0 fully saturated rings. The molecular weight excluding hydrogens is 501 g/mol. The van der Waals surface area contributed by atoms with Crippen molar-refractivity contribution in [3.8, 4) is 11.5 Å². The predicted molar refractivity (Wildman–Crippen MR) is 141 cm³/mol. The molecule has 2 aromatic rings. The Morgan fingerprint density at radius 1 is 1.00 bits per heavy atom. The number of benzene rings is 2. The zero-order chi connectivity index (χ0) is 27.8. The first kappa shape index (κ1) is 29.9. The largest absolute Gasteiger partial charge is 0.493 e. The smallest absolute Gasteiger partial charge is 0.244 e. The number of sulfonamides is 1. The predicted octanol–water partition coefficient (Wildman–Crippen LogP) is 3.33. The Morgan fingerprint density at radius 3 is 2.14 bits per heavy atom. The number of ether oxygens (including phenoxy) is 2. The summed E-state index contributed by atoms with van der Waals surface area (Å²) in [6, 6.07) is 9.13. The lowest BCUT2D eigenvalue weighted by molar-refractivity contribution is -0.140. The van der Waals surface area contributed by atoms with E-state index in [0.717, 1.165) is 10.6 Å². The molecule has 2 atom stereocenters. The Morgan fingerprint density at radius 2 is 1.62 bits per heavy atom. The summed E-state index contributed by atoms with van der Waals surface area (Å²) in [5.74, 6) is -0.666. The van der Waals surface area contributed by atoms with Crippen molar-refractivity contribution in [1.29, 1.82) is 0 Å². The van der Waals surface area contributed by atoms with Crippen molar-refractivity contribution in [1.82, 2.24) is 10.2 Å². The van der Waals surface area contributed by atoms with Gasteiger partial charge in [0.25, 0.3) is 0 Å². The van der Waals surface area contributed by atoms with Gasteiger partial charge in [-0.25, -0.2) is 12.8 Å². The molecule has 0 aromatic heterocycles. The van der Waals surface area contributed by atoms with Gasteiger partial charge in [-0.1, -0.05) is 26.0 Å². The second-order valence-electron chi connectivity index (χ2n) is 8.70. The summed E-state index contributed by atoms with van der Waals surface area (Å²) in [7, 11) is -1.03. The van der Waals surface area contributed by atoms with E-state index < -0.39 is 34.3 Å². The quantitative estimate of drug-likeness (QED) is 0.420. The molecule has 0 aliphatic carbocycles. The van der Waals surface area contributed by atoms with Crippen LogP contribution in [0.15, 0.2) is 42.5 Å². The minimum atomic E-state index is -3.91. The maximum absolute atomic E-state index is 13.7. The van der Waals surface area contributed by atoms with Gasteiger partial charge >= 0.3 is 0 Å². The minimum absolute atomic E-state index is 0.00488. The van der Waals surface area contributed by atoms with Crippen LogP contribution in [0.5, 0.6) is 11.5 Å². The van der Waals surface area contributed by atoms with Gasteiger partial charge in [-0.15, -0.1) is 0 Å². The van der Waals surface area contributed by atoms with Crippen LogP contribution in [0.2, 0.25) is 0 Å². The third-order valence-electron chi connectivity index (χ3n) is 5.99. The first-order chi connectivity index (χ1) is 17.4. The van der Waals surface area contributed by atoms with Crippen LogP contribution in [0.3, 0.4) is 0 Å². The van der Waals surface area contributed by atoms with Crippen LogP contribution in [0.4, 0.5) is 10.1 Å². The molecule has 37 heavy (non-hydrogen) atoms. The lowest BCUT2D eigenvalue weighted by Gasteiger charge is -2.33. The molecule has 0 spiro atoms. The van der Waals surface area contributed by atoms with Gasteiger partial charge in [0, 0.05) is 18.7 Å². The molecule has 204 valence electrons. The summed E-state index contributed by atoms with van der Waals surface area (Å²) < 4.78 is 50.5. The number of amides is 2. The first-order valence-corrected chi connectivity index (χ1v) is 13.8. The number of anilines is 1. The number of methoxy groups -OCH3 is 2. The molecule has 2 amide bonds. The van der Waals surface area contributed by atoms with Crippen molar-refractivity contribution in [3.05, 3.63) is 53.8 Å². The van der Waals surface area contributed by atoms with Crippen LogP contribution in [-0.4, -0.2) is 64.2 Å². The van der Waals surface area contributed by atoms with Crippen molar-refractivity contribution in [2.75, 3.05) is 31.3 Å². The zero-order valence-electron chi connectivity index (χ0n) is 22.2. The standard InChI is InChI=1S/C26H36FN3O6S/c1-7-18(3)28-26(32)22(8-2)29(16-19-9-11-20(27)12-10-19)25(31)17-30(37(6,33)34)21-13-14-23(35-4)24(15-21)36-5/h9-15,18,22H,7-8,16-17H2,1-6H3,(H,28,32)/t18-,22+/m0/s1. The Labute approximate surface area is 218 Å². The molecule has 11 heteroatoms. The van der Waals surface area contributed by atoms with E-state index in [1.54, 1.807) is 13.0 Å². The highest BCUT2D eigenvalue weighted by molar-refractivity contribution is 7.92. The molecule has 1 N–H and O–H groups in total. The second kappa shape index (κ2) is 13.3. The summed E-state index contributed by atoms with van der Waals surface area (Å²) in [6.07, 6.45) is 1.99. The second-order valence-corrected chi connectivity index (χ2v) is 10.6. The summed E-state index contributed by atoms with van der Waals surface area (Å²) in [6.45, 7) is 5.01. The number of halogens is 1. The fraction of sp³-hybridized carbons (Fsp3) is 0.462. The number of hydrogen-bond acceptors (Lipinski definition) is 6. The van der Waals surface area contributed by atoms with E-state index in [2.05, 4.69) is 5.32 Å². The summed E-state index contributed by atoms with van der Waals surface area (Å²) in [4.78, 5) is 28.1. The number of rotatable bonds is 13. The molecular formula is C26H36FN3O6S. The van der Waals surface area contributed by atoms with Crippen molar-refractivity contribution < 1.29 is 31.9 Å². The first-order valence-electron chi connectivity index (χ1n) is 12.0. The molecule has 2 rings (SSSR count). The molecule has 0 radical (unpaired) electrons. The van der Waals surface area contributed by atoms with E-state index >= 15 is 0 Å². The van der Waals surface area contributed by atoms with E-state index in [9.17, 15) is 22.4 Å². The maximum Gasteiger partial charge on any atom is 0.244 e. The normalized spacial score (nSPS) is 12.8. The van der Waals surface area contributed by atoms with Gasteiger partial charge in [0.05, 0.1) is 26.2 Å². The van der Waals surface area contributed by atoms with Gasteiger partial charge in [-0.05, 0) is 49.6 Å². The fourth-order valence-corrected chi connectivity index (χ4v) is 4.58. The molecule has 0 aliphatic rings. The number of carbonyl (C=O) groups is 2. The molecule has 0 saturated carbocycles. The lowest BCUT2D eigenvalue weighted by atomic mass is 10.1. The van der Waals surface area contributed by atoms with Crippen molar-refractivity contribution in [2.45, 2.75) is 52.2 Å². The highest BCUT2D eigenvalue weighted by Crippen LogP contribution is 2.32. The van der Waals surface area contributed by atoms with Crippen molar-refractivity contribution >= 4 is 27.5 Å². The monoisotopic (exact) mass is 537 g/mol. The minimum Gasteiger partial charge on any atom is -0.493 e. The SMILES string of the molecule is CC[C@H](C(=O)N[C@@H](C)CC)N(Cc1ccc(F)cc1)C(=O)CN(c1ccc(OC)c(OC)c1)S(C)(=O)=O. The Hall–Kier alpha value is -3.34. The highest BCUT2D eigenvalue weighted by atomic mass is 32.2. The van der Waals surface area contributed by atoms with Crippen LogP contribution >= 0.6 is 0 Å². The van der Waals surface area contributed by atoms with Crippen LogP contribution in [-0.2, 0) is 26.2 Å². The Kier molecular flexibility index (Phi) is 10.7. The number of nitrogens with zero attached hydrogens (tertiary/aromatic N) is 2. The topological polar surface area (TPSA) is 105 Å². The van der Waals surface area contributed by atoms with E-state index in [4.69, 9.17) is 9.47 Å². The molecule has 0 saturated heterocycles. The maximum atomic E-state index is 13.7. The molecule has 2 aromatic carbocycles. The van der Waals surface area contributed by atoms with Crippen molar-refractivity contribution in [2.24, 2.45) is 0 Å². The molecule has 0 bridgehead atoms. The van der Waals surface area contributed by atoms with Gasteiger partial charge in [0.1, 0.15) is 18.4 Å². The number of carbonyl (C=O) groups excluding carboxylic acids is 2. The number of hydrogen-bond donors (Lipinski definition) is 1. The van der Waals surface area contributed by atoms with Gasteiger partial charge < -0.3 is 19.7 Å². The van der Waals surface area contributed by atoms with E-state index in [0.29, 0.717) is 29.9 Å². The average Bonchev–Trinajstić information content (AvgIpc) is 2.86. The van der Waals surface area contributed by atoms with Gasteiger partial charge in [-0.2, -0.15) is 0 Å². The van der Waals surface area contributed by atoms with Gasteiger partial charge in [-0.3, -0.25) is 13.9 Å². The highest BCUT2D eigenvalue weighted by Gasteiger charge is 2.32. The Bertz CT molecular complexity index is 1170. The third kappa shape index (κ3) is 8.08. The van der Waals surface area contributed by atoms with Crippen LogP contribution in [0, 0.1) is 5.82 Å². The molecule has 9 nitrogen and oxygen atoms in total. The lowest BCUT2D eigenvalue weighted by Crippen LogP contribution is -2.53. The molecule has 0 aliphatic heterocycles. The summed E-state index contributed by atoms with van der Waals surface area (Å²) in [5, 5.41) is 2.90. The summed E-state index contributed by atoms with van der Waals surface area (Å²) in [5.41, 5.74) is 0.800. The van der Waals surface area contributed by atoms with Crippen molar-refractivity contribution in [3.63, 3.8) is 0 Å². The molecule has 0 unspecified atom stereocenters. The zero-order valence-corrected chi connectivity index (χ0v) is 23.0. The average molecular weight is 538 g/mol. The van der Waals surface area contributed by atoms with E-state index in [-0.39, 0.29) is 24.2 Å². The van der Waals surface area contributed by atoms with Gasteiger partial charge in [0.15, 0.2) is 11.5 Å². The Balaban J connectivity index is 2.48. The van der Waals surface area contributed by atoms with E-state index in [1.165, 1.54) is 55.5 Å². The van der Waals surface area contributed by atoms with E-state index in [1.807, 2.05) is 13.8 Å². The number of nitrogens with one attached hydrogen (secondary N) is 1. The molecule has 0 heterocycles. The third-order valence-corrected chi connectivity index (χ3v) is 7.13. The summed E-state index contributed by atoms with van der Waals surface area (Å²) >= 11 is 0. The van der Waals surface area contributed by atoms with Crippen LogP contribution in [0.25, 0.3) is 0 Å².